The summed E-state index contributed by atoms with van der Waals surface area (Å²) in [5, 5.41) is -0.126. The highest BCUT2D eigenvalue weighted by Crippen LogP contribution is 2.30. The summed E-state index contributed by atoms with van der Waals surface area (Å²) in [6.45, 7) is 0. The molecule has 0 saturated carbocycles. The van der Waals surface area contributed by atoms with Gasteiger partial charge in [0.1, 0.15) is 0 Å². The van der Waals surface area contributed by atoms with E-state index in [1.165, 1.54) is 0 Å². The summed E-state index contributed by atoms with van der Waals surface area (Å²) in [6, 6.07) is 0.804. The lowest BCUT2D eigenvalue weighted by Crippen LogP contribution is -2.12. The molecule has 0 atom stereocenters. The number of halogens is 6. The monoisotopic (exact) mass is 295 g/mol. The maximum Gasteiger partial charge on any atom is 0.256 e. The summed E-state index contributed by atoms with van der Waals surface area (Å²) in [5.41, 5.74) is -3.10. The molecule has 1 aromatic heterocycles. The first kappa shape index (κ1) is 13.5. The molecule has 0 aliphatic heterocycles. The van der Waals surface area contributed by atoms with Crippen LogP contribution in [0.25, 0.3) is 11.1 Å². The second-order valence-electron chi connectivity index (χ2n) is 3.51. The highest BCUT2D eigenvalue weighted by molar-refractivity contribution is 6.30. The SMILES string of the molecule is O=c1[nH]cc(Cl)cc1-c1c(F)c(F)c(F)c(F)c1F. The molecular weight excluding hydrogens is 293 g/mol. The van der Waals surface area contributed by atoms with E-state index in [0.29, 0.717) is 0 Å². The molecule has 2 rings (SSSR count). The molecule has 1 aromatic carbocycles. The Morgan fingerprint density at radius 1 is 0.895 bits per heavy atom. The number of nitrogens with one attached hydrogen (secondary N) is 1. The van der Waals surface area contributed by atoms with Gasteiger partial charge in [0, 0.05) is 6.20 Å². The lowest BCUT2D eigenvalue weighted by molar-refractivity contribution is 0.381. The van der Waals surface area contributed by atoms with Gasteiger partial charge in [-0.1, -0.05) is 11.6 Å². The van der Waals surface area contributed by atoms with Gasteiger partial charge >= 0.3 is 0 Å². The van der Waals surface area contributed by atoms with Crippen LogP contribution in [0.3, 0.4) is 0 Å². The molecule has 0 aliphatic carbocycles. The van der Waals surface area contributed by atoms with Gasteiger partial charge in [-0.15, -0.1) is 0 Å². The minimum atomic E-state index is -2.29. The van der Waals surface area contributed by atoms with Gasteiger partial charge in [0.2, 0.25) is 5.82 Å². The van der Waals surface area contributed by atoms with Gasteiger partial charge in [-0.25, -0.2) is 22.0 Å². The van der Waals surface area contributed by atoms with Crippen LogP contribution in [-0.4, -0.2) is 4.98 Å². The van der Waals surface area contributed by atoms with E-state index in [-0.39, 0.29) is 5.02 Å². The van der Waals surface area contributed by atoms with E-state index >= 15 is 0 Å². The summed E-state index contributed by atoms with van der Waals surface area (Å²) >= 11 is 5.51. The Balaban J connectivity index is 2.91. The van der Waals surface area contributed by atoms with Gasteiger partial charge < -0.3 is 4.98 Å². The quantitative estimate of drug-likeness (QED) is 0.488. The number of rotatable bonds is 1. The van der Waals surface area contributed by atoms with Crippen molar-refractivity contribution in [1.82, 2.24) is 4.98 Å². The van der Waals surface area contributed by atoms with E-state index in [1.807, 2.05) is 4.98 Å². The maximum atomic E-state index is 13.5. The Morgan fingerprint density at radius 3 is 1.89 bits per heavy atom. The number of aromatic amines is 1. The number of H-pyrrole nitrogens is 1. The van der Waals surface area contributed by atoms with Crippen molar-refractivity contribution in [3.8, 4) is 11.1 Å². The summed E-state index contributed by atoms with van der Waals surface area (Å²) < 4.78 is 65.8. The minimum absolute atomic E-state index is 0.126. The highest BCUT2D eigenvalue weighted by Gasteiger charge is 2.27. The van der Waals surface area contributed by atoms with Crippen LogP contribution >= 0.6 is 11.6 Å². The predicted octanol–water partition coefficient (Wildman–Crippen LogP) is 3.39. The minimum Gasteiger partial charge on any atom is -0.327 e. The van der Waals surface area contributed by atoms with E-state index in [0.717, 1.165) is 12.3 Å². The summed E-state index contributed by atoms with van der Waals surface area (Å²) in [4.78, 5) is 13.4. The first-order chi connectivity index (χ1) is 8.84. The van der Waals surface area contributed by atoms with Crippen molar-refractivity contribution in [1.29, 1.82) is 0 Å². The molecule has 2 nitrogen and oxygen atoms in total. The van der Waals surface area contributed by atoms with Gasteiger partial charge in [0.05, 0.1) is 16.1 Å². The van der Waals surface area contributed by atoms with Crippen LogP contribution in [0.15, 0.2) is 17.1 Å². The van der Waals surface area contributed by atoms with Gasteiger partial charge in [0.15, 0.2) is 23.3 Å². The third-order valence-corrected chi connectivity index (χ3v) is 2.57. The Hall–Kier alpha value is -1.89. The molecule has 8 heteroatoms. The molecule has 2 aromatic rings. The first-order valence-corrected chi connectivity index (χ1v) is 5.12. The third kappa shape index (κ3) is 2.10. The van der Waals surface area contributed by atoms with Crippen LogP contribution in [0.2, 0.25) is 5.02 Å². The second-order valence-corrected chi connectivity index (χ2v) is 3.94. The molecule has 1 heterocycles. The highest BCUT2D eigenvalue weighted by atomic mass is 35.5. The van der Waals surface area contributed by atoms with Gasteiger partial charge in [0.25, 0.3) is 5.56 Å². The Morgan fingerprint density at radius 2 is 1.37 bits per heavy atom. The smallest absolute Gasteiger partial charge is 0.256 e. The van der Waals surface area contributed by atoms with Crippen molar-refractivity contribution in [2.45, 2.75) is 0 Å². The van der Waals surface area contributed by atoms with Gasteiger partial charge in [-0.05, 0) is 6.07 Å². The Bertz CT molecular complexity index is 699. The van der Waals surface area contributed by atoms with E-state index in [9.17, 15) is 26.7 Å². The van der Waals surface area contributed by atoms with Crippen LogP contribution in [0.1, 0.15) is 0 Å². The van der Waals surface area contributed by atoms with Crippen molar-refractivity contribution < 1.29 is 22.0 Å². The molecule has 0 bridgehead atoms. The lowest BCUT2D eigenvalue weighted by atomic mass is 10.1. The zero-order valence-electron chi connectivity index (χ0n) is 8.83. The second kappa shape index (κ2) is 4.65. The molecule has 0 saturated heterocycles. The number of aromatic nitrogens is 1. The van der Waals surface area contributed by atoms with Gasteiger partial charge in [-0.2, -0.15) is 0 Å². The van der Waals surface area contributed by atoms with Gasteiger partial charge in [-0.3, -0.25) is 4.79 Å². The molecule has 0 radical (unpaired) electrons. The summed E-state index contributed by atoms with van der Waals surface area (Å²) in [7, 11) is 0. The molecule has 0 spiro atoms. The van der Waals surface area contributed by atoms with Crippen LogP contribution < -0.4 is 5.56 Å². The largest absolute Gasteiger partial charge is 0.327 e. The first-order valence-electron chi connectivity index (χ1n) is 4.74. The van der Waals surface area contributed by atoms with E-state index < -0.39 is 45.8 Å². The fraction of sp³-hybridized carbons (Fsp3) is 0. The summed E-state index contributed by atoms with van der Waals surface area (Å²) in [5.74, 6) is -10.7. The Kier molecular flexibility index (Phi) is 3.32. The molecule has 0 fully saturated rings. The van der Waals surface area contributed by atoms with Crippen molar-refractivity contribution in [3.05, 3.63) is 56.7 Å². The molecule has 0 amide bonds. The van der Waals surface area contributed by atoms with Crippen LogP contribution in [0, 0.1) is 29.1 Å². The number of hydrogen-bond donors (Lipinski definition) is 1. The number of hydrogen-bond acceptors (Lipinski definition) is 1. The van der Waals surface area contributed by atoms with Crippen LogP contribution in [0.5, 0.6) is 0 Å². The Labute approximate surface area is 107 Å². The molecule has 100 valence electrons. The number of benzene rings is 1. The molecular formula is C11H3ClF5NO. The van der Waals surface area contributed by atoms with E-state index in [4.69, 9.17) is 11.6 Å². The summed E-state index contributed by atoms with van der Waals surface area (Å²) in [6.07, 6.45) is 1.01. The zero-order chi connectivity index (χ0) is 14.3. The number of pyridine rings is 1. The van der Waals surface area contributed by atoms with Crippen LogP contribution in [-0.2, 0) is 0 Å². The standard InChI is InChI=1S/C11H3ClF5NO/c12-3-1-4(11(19)18-2-3)5-6(13)8(15)10(17)9(16)7(5)14/h1-2H,(H,18,19). The molecule has 0 unspecified atom stereocenters. The maximum absolute atomic E-state index is 13.5. The molecule has 19 heavy (non-hydrogen) atoms. The average Bonchev–Trinajstić information content (AvgIpc) is 2.38. The topological polar surface area (TPSA) is 32.9 Å². The fourth-order valence-corrected chi connectivity index (χ4v) is 1.65. The predicted molar refractivity (Wildman–Crippen MR) is 57.3 cm³/mol. The normalized spacial score (nSPS) is 10.8. The average molecular weight is 296 g/mol. The zero-order valence-corrected chi connectivity index (χ0v) is 9.59. The molecule has 1 N–H and O–H groups in total. The van der Waals surface area contributed by atoms with Crippen molar-refractivity contribution in [2.24, 2.45) is 0 Å². The fourth-order valence-electron chi connectivity index (χ4n) is 1.48. The van der Waals surface area contributed by atoms with Crippen molar-refractivity contribution in [2.75, 3.05) is 0 Å². The van der Waals surface area contributed by atoms with E-state index in [2.05, 4.69) is 0 Å². The van der Waals surface area contributed by atoms with E-state index in [1.54, 1.807) is 0 Å². The molecule has 0 aliphatic rings. The van der Waals surface area contributed by atoms with Crippen molar-refractivity contribution in [3.63, 3.8) is 0 Å². The van der Waals surface area contributed by atoms with Crippen molar-refractivity contribution >= 4 is 11.6 Å². The lowest BCUT2D eigenvalue weighted by Gasteiger charge is -2.07. The third-order valence-electron chi connectivity index (χ3n) is 2.35. The van der Waals surface area contributed by atoms with Crippen LogP contribution in [0.4, 0.5) is 22.0 Å².